The molecule has 1 amide bonds. The van der Waals surface area contributed by atoms with E-state index in [4.69, 9.17) is 4.74 Å². The number of pyridine rings is 1. The van der Waals surface area contributed by atoms with E-state index in [2.05, 4.69) is 19.2 Å². The summed E-state index contributed by atoms with van der Waals surface area (Å²) in [7, 11) is 0. The maximum Gasteiger partial charge on any atom is 0.258 e. The number of ether oxygens (including phenoxy) is 1. The average Bonchev–Trinajstić information content (AvgIpc) is 2.56. The molecule has 2 heterocycles. The van der Waals surface area contributed by atoms with Crippen molar-refractivity contribution in [3.63, 3.8) is 0 Å². The molecule has 1 unspecified atom stereocenters. The quantitative estimate of drug-likeness (QED) is 0.914. The molecule has 1 aliphatic rings. The van der Waals surface area contributed by atoms with Crippen LogP contribution in [0.5, 0.6) is 0 Å². The second kappa shape index (κ2) is 7.23. The molecule has 1 aromatic carbocycles. The molecule has 2 aromatic rings. The molecule has 0 aliphatic carbocycles. The van der Waals surface area contributed by atoms with Crippen molar-refractivity contribution in [3.05, 3.63) is 46.4 Å². The predicted octanol–water partition coefficient (Wildman–Crippen LogP) is 3.34. The fraction of sp³-hybridized carbons (Fsp3) is 0.524. The van der Waals surface area contributed by atoms with Crippen LogP contribution >= 0.6 is 0 Å². The Morgan fingerprint density at radius 2 is 2.00 bits per heavy atom. The summed E-state index contributed by atoms with van der Waals surface area (Å²) in [6, 6.07) is 7.42. The molecule has 5 heteroatoms. The zero-order valence-electron chi connectivity index (χ0n) is 16.0. The van der Waals surface area contributed by atoms with Gasteiger partial charge in [0, 0.05) is 36.2 Å². The van der Waals surface area contributed by atoms with E-state index in [1.54, 1.807) is 16.8 Å². The summed E-state index contributed by atoms with van der Waals surface area (Å²) in [6.07, 6.45) is 3.30. The molecule has 1 N–H and O–H groups in total. The Hall–Kier alpha value is -2.14. The van der Waals surface area contributed by atoms with Crippen LogP contribution in [0.1, 0.15) is 50.9 Å². The Balaban J connectivity index is 1.96. The lowest BCUT2D eigenvalue weighted by atomic mass is 9.93. The monoisotopic (exact) mass is 356 g/mol. The summed E-state index contributed by atoms with van der Waals surface area (Å²) in [5.41, 5.74) is 0.289. The molecule has 3 rings (SSSR count). The van der Waals surface area contributed by atoms with Crippen molar-refractivity contribution >= 4 is 16.7 Å². The molecule has 1 atom stereocenters. The molecule has 0 radical (unpaired) electrons. The molecule has 5 nitrogen and oxygen atoms in total. The van der Waals surface area contributed by atoms with Gasteiger partial charge in [-0.2, -0.15) is 0 Å². The summed E-state index contributed by atoms with van der Waals surface area (Å²) < 4.78 is 7.40. The standard InChI is InChI=1S/C21H28N2O3/c1-14(2)12-23-13-18(16-7-5-6-8-17(16)20(23)25)19(24)22-15-9-10-26-21(3,4)11-15/h5-8,13-15H,9-12H2,1-4H3,(H,22,24). The topological polar surface area (TPSA) is 60.3 Å². The van der Waals surface area contributed by atoms with Crippen LogP contribution in [0.4, 0.5) is 0 Å². The maximum absolute atomic E-state index is 13.0. The third kappa shape index (κ3) is 3.98. The van der Waals surface area contributed by atoms with Gasteiger partial charge in [-0.3, -0.25) is 9.59 Å². The lowest BCUT2D eigenvalue weighted by molar-refractivity contribution is -0.0615. The van der Waals surface area contributed by atoms with E-state index in [1.807, 2.05) is 32.0 Å². The highest BCUT2D eigenvalue weighted by atomic mass is 16.5. The van der Waals surface area contributed by atoms with Crippen LogP contribution in [-0.4, -0.2) is 28.7 Å². The van der Waals surface area contributed by atoms with Crippen LogP contribution in [-0.2, 0) is 11.3 Å². The van der Waals surface area contributed by atoms with Crippen molar-refractivity contribution in [2.45, 2.75) is 58.7 Å². The molecule has 1 fully saturated rings. The number of nitrogens with one attached hydrogen (secondary N) is 1. The van der Waals surface area contributed by atoms with Crippen molar-refractivity contribution in [1.82, 2.24) is 9.88 Å². The SMILES string of the molecule is CC(C)Cn1cc(C(=O)NC2CCOC(C)(C)C2)c2ccccc2c1=O. The average molecular weight is 356 g/mol. The molecule has 1 saturated heterocycles. The van der Waals surface area contributed by atoms with Gasteiger partial charge >= 0.3 is 0 Å². The number of hydrogen-bond acceptors (Lipinski definition) is 3. The largest absolute Gasteiger partial charge is 0.375 e. The van der Waals surface area contributed by atoms with Gasteiger partial charge in [0.25, 0.3) is 11.5 Å². The third-order valence-corrected chi connectivity index (χ3v) is 4.83. The summed E-state index contributed by atoms with van der Waals surface area (Å²) in [6.45, 7) is 9.45. The van der Waals surface area contributed by atoms with Gasteiger partial charge in [-0.25, -0.2) is 0 Å². The Morgan fingerprint density at radius 3 is 2.65 bits per heavy atom. The van der Waals surface area contributed by atoms with E-state index >= 15 is 0 Å². The van der Waals surface area contributed by atoms with Gasteiger partial charge in [-0.05, 0) is 38.7 Å². The number of rotatable bonds is 4. The lowest BCUT2D eigenvalue weighted by Crippen LogP contribution is -2.46. The van der Waals surface area contributed by atoms with Crippen LogP contribution in [0.3, 0.4) is 0 Å². The summed E-state index contributed by atoms with van der Waals surface area (Å²) in [4.78, 5) is 25.7. The highest BCUT2D eigenvalue weighted by molar-refractivity contribution is 6.06. The Kier molecular flexibility index (Phi) is 5.19. The van der Waals surface area contributed by atoms with E-state index in [1.165, 1.54) is 0 Å². The van der Waals surface area contributed by atoms with E-state index in [0.29, 0.717) is 35.4 Å². The molecular formula is C21H28N2O3. The minimum Gasteiger partial charge on any atom is -0.375 e. The number of hydrogen-bond donors (Lipinski definition) is 1. The first-order chi connectivity index (χ1) is 12.3. The number of nitrogens with zero attached hydrogens (tertiary/aromatic N) is 1. The van der Waals surface area contributed by atoms with Gasteiger partial charge in [0.2, 0.25) is 0 Å². The highest BCUT2D eigenvalue weighted by Crippen LogP contribution is 2.24. The van der Waals surface area contributed by atoms with Gasteiger partial charge in [0.15, 0.2) is 0 Å². The first-order valence-electron chi connectivity index (χ1n) is 9.34. The third-order valence-electron chi connectivity index (χ3n) is 4.83. The first kappa shape index (κ1) is 18.6. The minimum absolute atomic E-state index is 0.0435. The zero-order chi connectivity index (χ0) is 18.9. The van der Waals surface area contributed by atoms with Gasteiger partial charge in [-0.15, -0.1) is 0 Å². The molecule has 1 aliphatic heterocycles. The summed E-state index contributed by atoms with van der Waals surface area (Å²) in [5.74, 6) is 0.197. The molecule has 0 bridgehead atoms. The minimum atomic E-state index is -0.227. The van der Waals surface area contributed by atoms with Gasteiger partial charge in [0.05, 0.1) is 11.2 Å². The van der Waals surface area contributed by atoms with Crippen molar-refractivity contribution in [2.75, 3.05) is 6.61 Å². The van der Waals surface area contributed by atoms with Gasteiger partial charge in [0.1, 0.15) is 0 Å². The normalized spacial score (nSPS) is 19.7. The van der Waals surface area contributed by atoms with Crippen molar-refractivity contribution < 1.29 is 9.53 Å². The fourth-order valence-electron chi connectivity index (χ4n) is 3.67. The molecule has 0 spiro atoms. The molecule has 0 saturated carbocycles. The van der Waals surface area contributed by atoms with Crippen LogP contribution in [0.25, 0.3) is 10.8 Å². The Morgan fingerprint density at radius 1 is 1.31 bits per heavy atom. The second-order valence-corrected chi connectivity index (χ2v) is 8.21. The predicted molar refractivity (Wildman–Crippen MR) is 104 cm³/mol. The van der Waals surface area contributed by atoms with E-state index < -0.39 is 0 Å². The second-order valence-electron chi connectivity index (χ2n) is 8.21. The Labute approximate surface area is 154 Å². The van der Waals surface area contributed by atoms with E-state index in [9.17, 15) is 9.59 Å². The first-order valence-corrected chi connectivity index (χ1v) is 9.34. The zero-order valence-corrected chi connectivity index (χ0v) is 16.0. The highest BCUT2D eigenvalue weighted by Gasteiger charge is 2.30. The molecular weight excluding hydrogens is 328 g/mol. The maximum atomic E-state index is 13.0. The van der Waals surface area contributed by atoms with Crippen LogP contribution in [0.2, 0.25) is 0 Å². The lowest BCUT2D eigenvalue weighted by Gasteiger charge is -2.35. The molecule has 140 valence electrons. The smallest absolute Gasteiger partial charge is 0.258 e. The number of carbonyl (C=O) groups excluding carboxylic acids is 1. The number of carbonyl (C=O) groups is 1. The van der Waals surface area contributed by atoms with Gasteiger partial charge in [-0.1, -0.05) is 32.0 Å². The summed E-state index contributed by atoms with van der Waals surface area (Å²) in [5, 5.41) is 4.45. The number of amides is 1. The number of aromatic nitrogens is 1. The van der Waals surface area contributed by atoms with E-state index in [-0.39, 0.29) is 23.1 Å². The number of fused-ring (bicyclic) bond motifs is 1. The van der Waals surface area contributed by atoms with Gasteiger partial charge < -0.3 is 14.6 Å². The van der Waals surface area contributed by atoms with E-state index in [0.717, 1.165) is 12.8 Å². The molecule has 26 heavy (non-hydrogen) atoms. The van der Waals surface area contributed by atoms with Crippen LogP contribution in [0, 0.1) is 5.92 Å². The van der Waals surface area contributed by atoms with Crippen molar-refractivity contribution in [3.8, 4) is 0 Å². The van der Waals surface area contributed by atoms with Crippen molar-refractivity contribution in [2.24, 2.45) is 5.92 Å². The van der Waals surface area contributed by atoms with Crippen molar-refractivity contribution in [1.29, 1.82) is 0 Å². The summed E-state index contributed by atoms with van der Waals surface area (Å²) >= 11 is 0. The number of benzene rings is 1. The van der Waals surface area contributed by atoms with Crippen LogP contribution < -0.4 is 10.9 Å². The molecule has 1 aromatic heterocycles. The fourth-order valence-corrected chi connectivity index (χ4v) is 3.67. The Bertz CT molecular complexity index is 867. The van der Waals surface area contributed by atoms with Crippen LogP contribution in [0.15, 0.2) is 35.3 Å².